The Morgan fingerprint density at radius 2 is 1.64 bits per heavy atom. The Morgan fingerprint density at radius 3 is 2.14 bits per heavy atom. The first kappa shape index (κ1) is 22.0. The highest BCUT2D eigenvalue weighted by atomic mass is 32.2. The van der Waals surface area contributed by atoms with E-state index >= 15 is 0 Å². The molecule has 0 aliphatic rings. The summed E-state index contributed by atoms with van der Waals surface area (Å²) in [6.45, 7) is 5.17. The smallest absolute Gasteiger partial charge is 0.205 e. The van der Waals surface area contributed by atoms with Crippen molar-refractivity contribution in [2.24, 2.45) is 0 Å². The molecule has 1 unspecified atom stereocenters. The summed E-state index contributed by atoms with van der Waals surface area (Å²) in [5.41, 5.74) is 0. The first-order chi connectivity index (χ1) is 13.0. The molecular formula is C20H21FO5S2. The molecule has 1 atom stereocenters. The zero-order chi connectivity index (χ0) is 21.1. The predicted molar refractivity (Wildman–Crippen MR) is 107 cm³/mol. The first-order valence-electron chi connectivity index (χ1n) is 8.23. The molecule has 0 aromatic heterocycles. The van der Waals surface area contributed by atoms with Gasteiger partial charge in [-0.1, -0.05) is 24.8 Å². The summed E-state index contributed by atoms with van der Waals surface area (Å²) >= 11 is 0. The maximum Gasteiger partial charge on any atom is 0.205 e. The Kier molecular flexibility index (Phi) is 6.59. The van der Waals surface area contributed by atoms with Crippen molar-refractivity contribution < 1.29 is 26.0 Å². The fourth-order valence-corrected chi connectivity index (χ4v) is 5.10. The van der Waals surface area contributed by atoms with Crippen molar-refractivity contribution in [2.75, 3.05) is 13.4 Å². The minimum absolute atomic E-state index is 0.0490. The van der Waals surface area contributed by atoms with Crippen LogP contribution in [0.4, 0.5) is 4.39 Å². The largest absolute Gasteiger partial charge is 0.376 e. The average molecular weight is 425 g/mol. The number of ether oxygens (including phenoxy) is 1. The number of benzene rings is 2. The van der Waals surface area contributed by atoms with E-state index in [0.717, 1.165) is 18.4 Å². The standard InChI is InChI=1S/C20H21FO5S2/c1-5-6-15-13-18(27(4,22)23)11-12-19(15)20(14(2)26-3)28(24,25)17-9-7-16(21)8-10-17/h5-14H,1H2,2-4H3/b15-6-,20-19+. The van der Waals surface area contributed by atoms with Crippen LogP contribution in [0.2, 0.25) is 0 Å². The Morgan fingerprint density at radius 1 is 1.07 bits per heavy atom. The zero-order valence-electron chi connectivity index (χ0n) is 15.7. The van der Waals surface area contributed by atoms with Crippen LogP contribution in [0.5, 0.6) is 0 Å². The van der Waals surface area contributed by atoms with Gasteiger partial charge >= 0.3 is 0 Å². The predicted octanol–water partition coefficient (Wildman–Crippen LogP) is 1.81. The summed E-state index contributed by atoms with van der Waals surface area (Å²) in [7, 11) is -6.17. The lowest BCUT2D eigenvalue weighted by Crippen LogP contribution is -2.34. The van der Waals surface area contributed by atoms with Gasteiger partial charge < -0.3 is 4.74 Å². The molecule has 0 saturated carbocycles. The molecule has 0 aliphatic heterocycles. The van der Waals surface area contributed by atoms with E-state index in [1.54, 1.807) is 6.92 Å². The lowest BCUT2D eigenvalue weighted by Gasteiger charge is -2.16. The third-order valence-electron chi connectivity index (χ3n) is 4.15. The summed E-state index contributed by atoms with van der Waals surface area (Å²) in [4.78, 5) is -0.104. The van der Waals surface area contributed by atoms with E-state index in [-0.39, 0.29) is 19.9 Å². The normalized spacial score (nSPS) is 15.2. The third kappa shape index (κ3) is 4.57. The van der Waals surface area contributed by atoms with Gasteiger partial charge in [0.2, 0.25) is 9.84 Å². The van der Waals surface area contributed by atoms with Crippen LogP contribution >= 0.6 is 0 Å². The highest BCUT2D eigenvalue weighted by molar-refractivity contribution is 8.00. The van der Waals surface area contributed by atoms with Gasteiger partial charge in [-0.15, -0.1) is 0 Å². The topological polar surface area (TPSA) is 77.5 Å². The average Bonchev–Trinajstić information content (AvgIpc) is 2.62. The molecule has 0 bridgehead atoms. The highest BCUT2D eigenvalue weighted by Crippen LogP contribution is 2.23. The number of hydrogen-bond acceptors (Lipinski definition) is 5. The van der Waals surface area contributed by atoms with Crippen LogP contribution in [0.3, 0.4) is 0 Å². The fourth-order valence-electron chi connectivity index (χ4n) is 2.69. The molecular weight excluding hydrogens is 403 g/mol. The lowest BCUT2D eigenvalue weighted by atomic mass is 10.2. The van der Waals surface area contributed by atoms with Crippen LogP contribution in [-0.2, 0) is 24.4 Å². The molecule has 0 saturated heterocycles. The maximum absolute atomic E-state index is 13.3. The molecule has 0 spiro atoms. The van der Waals surface area contributed by atoms with E-state index in [9.17, 15) is 21.2 Å². The van der Waals surface area contributed by atoms with Gasteiger partial charge in [0, 0.05) is 13.4 Å². The fraction of sp³-hybridized carbons (Fsp3) is 0.200. The molecule has 28 heavy (non-hydrogen) atoms. The van der Waals surface area contributed by atoms with Gasteiger partial charge in [0.25, 0.3) is 0 Å². The van der Waals surface area contributed by atoms with E-state index in [2.05, 4.69) is 6.58 Å². The zero-order valence-corrected chi connectivity index (χ0v) is 17.3. The molecule has 0 radical (unpaired) electrons. The van der Waals surface area contributed by atoms with Crippen LogP contribution in [-0.4, -0.2) is 36.3 Å². The summed E-state index contributed by atoms with van der Waals surface area (Å²) in [6, 6.07) is 8.63. The van der Waals surface area contributed by atoms with Crippen molar-refractivity contribution >= 4 is 30.7 Å². The summed E-state index contributed by atoms with van der Waals surface area (Å²) in [5.74, 6) is -0.557. The van der Waals surface area contributed by atoms with Crippen molar-refractivity contribution in [1.82, 2.24) is 0 Å². The van der Waals surface area contributed by atoms with Gasteiger partial charge in [0.1, 0.15) is 5.82 Å². The molecule has 2 rings (SSSR count). The second-order valence-electron chi connectivity index (χ2n) is 6.12. The molecule has 8 heteroatoms. The second-order valence-corrected chi connectivity index (χ2v) is 10.1. The number of methoxy groups -OCH3 is 1. The number of halogens is 1. The molecule has 0 fully saturated rings. The van der Waals surface area contributed by atoms with Gasteiger partial charge in [-0.3, -0.25) is 0 Å². The Balaban J connectivity index is 3.00. The van der Waals surface area contributed by atoms with Crippen LogP contribution < -0.4 is 10.4 Å². The number of hydrogen-bond donors (Lipinski definition) is 0. The Hall–Kier alpha value is -2.29. The third-order valence-corrected chi connectivity index (χ3v) is 7.28. The minimum atomic E-state index is -4.05. The molecule has 0 heterocycles. The van der Waals surface area contributed by atoms with E-state index in [4.69, 9.17) is 4.74 Å². The lowest BCUT2D eigenvalue weighted by molar-refractivity contribution is 0.165. The van der Waals surface area contributed by atoms with Gasteiger partial charge in [-0.25, -0.2) is 21.2 Å². The van der Waals surface area contributed by atoms with E-state index < -0.39 is 31.6 Å². The highest BCUT2D eigenvalue weighted by Gasteiger charge is 2.27. The van der Waals surface area contributed by atoms with E-state index in [1.807, 2.05) is 0 Å². The molecule has 5 nitrogen and oxygen atoms in total. The summed E-state index contributed by atoms with van der Waals surface area (Å²) in [6.07, 6.45) is 3.19. The van der Waals surface area contributed by atoms with Crippen LogP contribution in [0.1, 0.15) is 6.92 Å². The molecule has 150 valence electrons. The van der Waals surface area contributed by atoms with Gasteiger partial charge in [0.05, 0.1) is 20.8 Å². The number of allylic oxidation sites excluding steroid dienone is 1. The summed E-state index contributed by atoms with van der Waals surface area (Å²) < 4.78 is 68.9. The van der Waals surface area contributed by atoms with Crippen molar-refractivity contribution in [1.29, 1.82) is 0 Å². The monoisotopic (exact) mass is 424 g/mol. The van der Waals surface area contributed by atoms with E-state index in [0.29, 0.717) is 5.22 Å². The Labute approximate surface area is 164 Å². The Bertz CT molecular complexity index is 1210. The SMILES string of the molecule is C=C/C=c1/cc(S(C)(=O)=O)cc/c1=C(/C(C)OC)S(=O)(=O)c1ccc(F)cc1. The molecule has 2 aromatic carbocycles. The number of rotatable bonds is 6. The molecule has 0 amide bonds. The number of sulfone groups is 2. The van der Waals surface area contributed by atoms with Crippen LogP contribution in [0.15, 0.2) is 64.9 Å². The van der Waals surface area contributed by atoms with Crippen molar-refractivity contribution in [3.8, 4) is 0 Å². The quantitative estimate of drug-likeness (QED) is 0.661. The van der Waals surface area contributed by atoms with Gasteiger partial charge in [-0.05, 0) is 53.8 Å². The van der Waals surface area contributed by atoms with Gasteiger partial charge in [0.15, 0.2) is 9.84 Å². The van der Waals surface area contributed by atoms with Gasteiger partial charge in [-0.2, -0.15) is 0 Å². The van der Waals surface area contributed by atoms with E-state index in [1.165, 1.54) is 49.6 Å². The van der Waals surface area contributed by atoms with Crippen LogP contribution in [0, 0.1) is 5.82 Å². The van der Waals surface area contributed by atoms with Crippen molar-refractivity contribution in [3.63, 3.8) is 0 Å². The van der Waals surface area contributed by atoms with Crippen molar-refractivity contribution in [2.45, 2.75) is 22.8 Å². The summed E-state index contributed by atoms with van der Waals surface area (Å²) in [5, 5.41) is 0.647. The first-order valence-corrected chi connectivity index (χ1v) is 11.6. The molecule has 2 aromatic rings. The second kappa shape index (κ2) is 8.38. The maximum atomic E-state index is 13.3. The molecule has 0 N–H and O–H groups in total. The molecule has 0 aliphatic carbocycles. The van der Waals surface area contributed by atoms with Crippen molar-refractivity contribution in [3.05, 3.63) is 71.4 Å². The van der Waals surface area contributed by atoms with Crippen LogP contribution in [0.25, 0.3) is 11.0 Å². The minimum Gasteiger partial charge on any atom is -0.376 e.